The minimum atomic E-state index is -2.56. The molecule has 3 atom stereocenters. The van der Waals surface area contributed by atoms with E-state index >= 15 is 0 Å². The van der Waals surface area contributed by atoms with E-state index in [1.807, 2.05) is 0 Å². The van der Waals surface area contributed by atoms with Crippen LogP contribution >= 0.6 is 0 Å². The largest absolute Gasteiger partial charge is 0.466 e. The molecule has 1 fully saturated rings. The van der Waals surface area contributed by atoms with Gasteiger partial charge in [-0.15, -0.1) is 0 Å². The van der Waals surface area contributed by atoms with Gasteiger partial charge >= 0.3 is 17.9 Å². The monoisotopic (exact) mass is 498 g/mol. The zero-order valence-corrected chi connectivity index (χ0v) is 22.0. The molecule has 0 radical (unpaired) electrons. The molecule has 202 valence electrons. The van der Waals surface area contributed by atoms with Crippen LogP contribution in [0.3, 0.4) is 0 Å². The highest BCUT2D eigenvalue weighted by atomic mass is 16.6. The standard InChI is InChI=1S/C27H46O8/c1-4-33-23(29)20-27(32,26(31)35-6-3)24(25(30)34-5-2)21-18-16-14-12-10-8-7-9-11-13-15-17-19-22(21)28/h21,24,32H,4-20H2,1-3H3. The minimum Gasteiger partial charge on any atom is -0.466 e. The first-order valence-corrected chi connectivity index (χ1v) is 13.6. The Kier molecular flexibility index (Phi) is 15.5. The van der Waals surface area contributed by atoms with Gasteiger partial charge in [0.05, 0.1) is 26.2 Å². The van der Waals surface area contributed by atoms with Gasteiger partial charge in [-0.3, -0.25) is 14.4 Å². The topological polar surface area (TPSA) is 116 Å². The molecule has 8 heteroatoms. The van der Waals surface area contributed by atoms with Gasteiger partial charge < -0.3 is 19.3 Å². The van der Waals surface area contributed by atoms with E-state index in [9.17, 15) is 24.3 Å². The normalized spacial score (nSPS) is 21.5. The number of hydrogen-bond donors (Lipinski definition) is 1. The number of carbonyl (C=O) groups is 4. The second-order valence-corrected chi connectivity index (χ2v) is 9.36. The number of rotatable bonds is 9. The molecule has 1 saturated carbocycles. The summed E-state index contributed by atoms with van der Waals surface area (Å²) in [7, 11) is 0. The van der Waals surface area contributed by atoms with Gasteiger partial charge in [-0.25, -0.2) is 4.79 Å². The van der Waals surface area contributed by atoms with Crippen LogP contribution in [0.4, 0.5) is 0 Å². The van der Waals surface area contributed by atoms with Crippen LogP contribution in [-0.4, -0.2) is 54.2 Å². The molecular formula is C27H46O8. The fourth-order valence-electron chi connectivity index (χ4n) is 4.87. The van der Waals surface area contributed by atoms with Crippen molar-refractivity contribution in [3.05, 3.63) is 0 Å². The summed E-state index contributed by atoms with van der Waals surface area (Å²) in [5.41, 5.74) is -2.56. The molecule has 0 bridgehead atoms. The number of aliphatic hydroxyl groups is 1. The average Bonchev–Trinajstić information content (AvgIpc) is 2.81. The summed E-state index contributed by atoms with van der Waals surface area (Å²) in [4.78, 5) is 52.1. The van der Waals surface area contributed by atoms with Gasteiger partial charge in [-0.2, -0.15) is 0 Å². The second kappa shape index (κ2) is 17.5. The maximum Gasteiger partial charge on any atom is 0.339 e. The van der Waals surface area contributed by atoms with Gasteiger partial charge in [0.1, 0.15) is 11.7 Å². The Labute approximate surface area is 210 Å². The van der Waals surface area contributed by atoms with E-state index in [2.05, 4.69) is 0 Å². The number of esters is 3. The number of hydrogen-bond acceptors (Lipinski definition) is 8. The van der Waals surface area contributed by atoms with Crippen molar-refractivity contribution in [2.24, 2.45) is 11.8 Å². The minimum absolute atomic E-state index is 0.00849. The number of ether oxygens (including phenoxy) is 3. The first-order valence-electron chi connectivity index (χ1n) is 13.6. The van der Waals surface area contributed by atoms with Crippen LogP contribution in [0.2, 0.25) is 0 Å². The molecule has 0 amide bonds. The molecule has 8 nitrogen and oxygen atoms in total. The Morgan fingerprint density at radius 3 is 1.80 bits per heavy atom. The van der Waals surface area contributed by atoms with Crippen LogP contribution in [0.25, 0.3) is 0 Å². The van der Waals surface area contributed by atoms with E-state index in [-0.39, 0.29) is 32.0 Å². The Morgan fingerprint density at radius 2 is 1.29 bits per heavy atom. The summed E-state index contributed by atoms with van der Waals surface area (Å²) in [6.45, 7) is 4.78. The molecule has 1 aliphatic carbocycles. The summed E-state index contributed by atoms with van der Waals surface area (Å²) in [6, 6.07) is 0. The predicted octanol–water partition coefficient (Wildman–Crippen LogP) is 4.68. The molecule has 35 heavy (non-hydrogen) atoms. The van der Waals surface area contributed by atoms with Gasteiger partial charge in [-0.05, 0) is 33.6 Å². The quantitative estimate of drug-likeness (QED) is 0.360. The average molecular weight is 499 g/mol. The molecule has 1 aliphatic rings. The Balaban J connectivity index is 3.36. The SMILES string of the molecule is CCOC(=O)CC(O)(C(=O)OCC)C(C(=O)OCC)C1CCCCCCCCCCCCCC1=O. The summed E-state index contributed by atoms with van der Waals surface area (Å²) in [5.74, 6) is -5.53. The Bertz CT molecular complexity index is 662. The molecule has 0 aromatic rings. The van der Waals surface area contributed by atoms with Crippen LogP contribution in [0.1, 0.15) is 111 Å². The van der Waals surface area contributed by atoms with E-state index in [0.717, 1.165) is 38.5 Å². The molecule has 0 saturated heterocycles. The van der Waals surface area contributed by atoms with Crippen molar-refractivity contribution < 1.29 is 38.5 Å². The van der Waals surface area contributed by atoms with E-state index in [1.54, 1.807) is 20.8 Å². The summed E-state index contributed by atoms with van der Waals surface area (Å²) >= 11 is 0. The van der Waals surface area contributed by atoms with E-state index < -0.39 is 41.8 Å². The van der Waals surface area contributed by atoms with Gasteiger partial charge in [-0.1, -0.05) is 64.2 Å². The molecule has 0 heterocycles. The smallest absolute Gasteiger partial charge is 0.339 e. The molecule has 0 aromatic carbocycles. The van der Waals surface area contributed by atoms with Crippen molar-refractivity contribution in [3.63, 3.8) is 0 Å². The first-order chi connectivity index (χ1) is 16.8. The van der Waals surface area contributed by atoms with Crippen LogP contribution in [-0.2, 0) is 33.4 Å². The zero-order valence-electron chi connectivity index (χ0n) is 22.0. The van der Waals surface area contributed by atoms with E-state index in [0.29, 0.717) is 19.3 Å². The van der Waals surface area contributed by atoms with Crippen molar-refractivity contribution in [2.45, 2.75) is 116 Å². The van der Waals surface area contributed by atoms with Gasteiger partial charge in [0.15, 0.2) is 5.60 Å². The van der Waals surface area contributed by atoms with Crippen molar-refractivity contribution in [1.82, 2.24) is 0 Å². The van der Waals surface area contributed by atoms with Crippen molar-refractivity contribution in [3.8, 4) is 0 Å². The number of Topliss-reactive ketones (excluding diaryl/α,β-unsaturated/α-hetero) is 1. The van der Waals surface area contributed by atoms with Crippen molar-refractivity contribution in [1.29, 1.82) is 0 Å². The highest BCUT2D eigenvalue weighted by Crippen LogP contribution is 2.36. The fraction of sp³-hybridized carbons (Fsp3) is 0.852. The van der Waals surface area contributed by atoms with Gasteiger partial charge in [0.25, 0.3) is 0 Å². The van der Waals surface area contributed by atoms with E-state index in [1.165, 1.54) is 19.3 Å². The highest BCUT2D eigenvalue weighted by molar-refractivity contribution is 5.95. The molecule has 1 N–H and O–H groups in total. The van der Waals surface area contributed by atoms with Crippen LogP contribution in [0.5, 0.6) is 0 Å². The second-order valence-electron chi connectivity index (χ2n) is 9.36. The lowest BCUT2D eigenvalue weighted by Gasteiger charge is -2.36. The van der Waals surface area contributed by atoms with Crippen LogP contribution in [0, 0.1) is 11.8 Å². The highest BCUT2D eigenvalue weighted by Gasteiger charge is 2.56. The van der Waals surface area contributed by atoms with Crippen LogP contribution < -0.4 is 0 Å². The van der Waals surface area contributed by atoms with E-state index in [4.69, 9.17) is 14.2 Å². The molecule has 1 rings (SSSR count). The zero-order chi connectivity index (χ0) is 26.1. The Morgan fingerprint density at radius 1 is 0.800 bits per heavy atom. The number of ketones is 1. The molecule has 0 spiro atoms. The maximum atomic E-state index is 13.5. The lowest BCUT2D eigenvalue weighted by molar-refractivity contribution is -0.190. The Hall–Kier alpha value is -1.96. The predicted molar refractivity (Wildman–Crippen MR) is 131 cm³/mol. The molecule has 3 unspecified atom stereocenters. The molecular weight excluding hydrogens is 452 g/mol. The fourth-order valence-corrected chi connectivity index (χ4v) is 4.87. The lowest BCUT2D eigenvalue weighted by Crippen LogP contribution is -2.56. The third-order valence-corrected chi connectivity index (χ3v) is 6.66. The van der Waals surface area contributed by atoms with Gasteiger partial charge in [0, 0.05) is 12.3 Å². The van der Waals surface area contributed by atoms with Crippen molar-refractivity contribution in [2.75, 3.05) is 19.8 Å². The first kappa shape index (κ1) is 31.1. The summed E-state index contributed by atoms with van der Waals surface area (Å²) in [6.07, 6.45) is 10.9. The summed E-state index contributed by atoms with van der Waals surface area (Å²) in [5, 5.41) is 11.6. The maximum absolute atomic E-state index is 13.5. The third-order valence-electron chi connectivity index (χ3n) is 6.66. The summed E-state index contributed by atoms with van der Waals surface area (Å²) < 4.78 is 15.3. The third kappa shape index (κ3) is 10.7. The molecule has 0 aromatic heterocycles. The number of carbonyl (C=O) groups excluding carboxylic acids is 4. The van der Waals surface area contributed by atoms with Gasteiger partial charge in [0.2, 0.25) is 0 Å². The lowest BCUT2D eigenvalue weighted by atomic mass is 9.71. The van der Waals surface area contributed by atoms with Crippen LogP contribution in [0.15, 0.2) is 0 Å². The molecule has 0 aliphatic heterocycles. The van der Waals surface area contributed by atoms with Crippen molar-refractivity contribution >= 4 is 23.7 Å².